The fourth-order valence-electron chi connectivity index (χ4n) is 3.51. The molecule has 0 bridgehead atoms. The summed E-state index contributed by atoms with van der Waals surface area (Å²) in [6.45, 7) is 3.39. The molecular formula is C23H24N2S. The zero-order valence-corrected chi connectivity index (χ0v) is 15.8. The van der Waals surface area contributed by atoms with Gasteiger partial charge in [-0.1, -0.05) is 42.5 Å². The van der Waals surface area contributed by atoms with Gasteiger partial charge in [-0.25, -0.2) is 0 Å². The summed E-state index contributed by atoms with van der Waals surface area (Å²) in [6, 6.07) is 19.3. The molecule has 1 aromatic carbocycles. The molecule has 3 aromatic rings. The van der Waals surface area contributed by atoms with Crippen LogP contribution in [0.4, 0.5) is 0 Å². The fraction of sp³-hybridized carbons (Fsp3) is 0.261. The van der Waals surface area contributed by atoms with Crippen LogP contribution in [-0.2, 0) is 6.42 Å². The molecule has 3 heteroatoms. The summed E-state index contributed by atoms with van der Waals surface area (Å²) < 4.78 is 0. The molecular weight excluding hydrogens is 336 g/mol. The average Bonchev–Trinajstić information content (AvgIpc) is 3.24. The van der Waals surface area contributed by atoms with Crippen LogP contribution in [0.5, 0.6) is 0 Å². The molecule has 0 saturated heterocycles. The topological polar surface area (TPSA) is 16.1 Å². The van der Waals surface area contributed by atoms with Crippen molar-refractivity contribution in [2.24, 2.45) is 0 Å². The van der Waals surface area contributed by atoms with E-state index in [4.69, 9.17) is 0 Å². The maximum absolute atomic E-state index is 4.56. The van der Waals surface area contributed by atoms with Crippen molar-refractivity contribution in [2.75, 3.05) is 19.6 Å². The molecule has 0 N–H and O–H groups in total. The van der Waals surface area contributed by atoms with Crippen molar-refractivity contribution in [3.05, 3.63) is 82.8 Å². The second kappa shape index (κ2) is 8.43. The molecule has 4 rings (SSSR count). The third-order valence-electron chi connectivity index (χ3n) is 4.96. The largest absolute Gasteiger partial charge is 0.299 e. The van der Waals surface area contributed by atoms with E-state index in [1.54, 1.807) is 0 Å². The minimum atomic E-state index is 1.04. The minimum absolute atomic E-state index is 1.04. The molecule has 2 nitrogen and oxygen atoms in total. The first-order valence-corrected chi connectivity index (χ1v) is 10.2. The smallest absolute Gasteiger partial charge is 0.0410 e. The Kier molecular flexibility index (Phi) is 5.58. The molecule has 0 radical (unpaired) electrons. The Hall–Kier alpha value is -2.23. The summed E-state index contributed by atoms with van der Waals surface area (Å²) in [6.07, 6.45) is 7.71. The van der Waals surface area contributed by atoms with Crippen molar-refractivity contribution in [1.29, 1.82) is 0 Å². The van der Waals surface area contributed by atoms with Crippen LogP contribution in [0.3, 0.4) is 0 Å². The number of pyridine rings is 1. The maximum atomic E-state index is 4.56. The van der Waals surface area contributed by atoms with Crippen molar-refractivity contribution < 1.29 is 0 Å². The summed E-state index contributed by atoms with van der Waals surface area (Å²) in [5.74, 6) is 0. The van der Waals surface area contributed by atoms with E-state index < -0.39 is 0 Å². The van der Waals surface area contributed by atoms with Gasteiger partial charge in [0.2, 0.25) is 0 Å². The number of rotatable bonds is 6. The summed E-state index contributed by atoms with van der Waals surface area (Å²) >= 11 is 1.85. The van der Waals surface area contributed by atoms with E-state index in [0.29, 0.717) is 0 Å². The third kappa shape index (κ3) is 4.29. The molecule has 0 aliphatic carbocycles. The van der Waals surface area contributed by atoms with Gasteiger partial charge in [0.15, 0.2) is 0 Å². The molecule has 132 valence electrons. The van der Waals surface area contributed by atoms with E-state index in [-0.39, 0.29) is 0 Å². The SMILES string of the molecule is C1=C(c2cccs2)CCN(CCCc2cc(-c3ccccc3)ccn2)C1. The Balaban J connectivity index is 1.29. The number of aryl methyl sites for hydroxylation is 1. The standard InChI is InChI=1S/C23H24N2S/c1-2-6-19(7-3-1)21-10-13-24-22(18-21)8-4-14-25-15-11-20(12-16-25)23-9-5-17-26-23/h1-3,5-7,9-11,13,17-18H,4,8,12,14-16H2. The van der Waals surface area contributed by atoms with Crippen LogP contribution in [0.15, 0.2) is 72.3 Å². The van der Waals surface area contributed by atoms with Crippen LogP contribution in [0.1, 0.15) is 23.4 Å². The van der Waals surface area contributed by atoms with E-state index >= 15 is 0 Å². The number of benzene rings is 1. The lowest BCUT2D eigenvalue weighted by atomic mass is 10.0. The number of aromatic nitrogens is 1. The van der Waals surface area contributed by atoms with Gasteiger partial charge in [-0.2, -0.15) is 0 Å². The molecule has 1 aliphatic rings. The van der Waals surface area contributed by atoms with Crippen molar-refractivity contribution in [3.63, 3.8) is 0 Å². The first kappa shape index (κ1) is 17.2. The Labute approximate surface area is 159 Å². The number of hydrogen-bond donors (Lipinski definition) is 0. The molecule has 1 aliphatic heterocycles. The molecule has 3 heterocycles. The predicted octanol–water partition coefficient (Wildman–Crippen LogP) is 5.53. The van der Waals surface area contributed by atoms with Crippen LogP contribution >= 0.6 is 11.3 Å². The zero-order valence-electron chi connectivity index (χ0n) is 15.0. The van der Waals surface area contributed by atoms with Gasteiger partial charge in [-0.05, 0) is 66.1 Å². The molecule has 2 aromatic heterocycles. The second-order valence-corrected chi connectivity index (χ2v) is 7.71. The molecule has 0 saturated carbocycles. The predicted molar refractivity (Wildman–Crippen MR) is 111 cm³/mol. The number of hydrogen-bond acceptors (Lipinski definition) is 3. The third-order valence-corrected chi connectivity index (χ3v) is 5.91. The first-order chi connectivity index (χ1) is 12.9. The Morgan fingerprint density at radius 1 is 1.00 bits per heavy atom. The highest BCUT2D eigenvalue weighted by atomic mass is 32.1. The number of thiophene rings is 1. The van der Waals surface area contributed by atoms with E-state index in [0.717, 1.165) is 25.9 Å². The Bertz CT molecular complexity index is 853. The molecule has 26 heavy (non-hydrogen) atoms. The highest BCUT2D eigenvalue weighted by molar-refractivity contribution is 7.11. The van der Waals surface area contributed by atoms with Crippen LogP contribution < -0.4 is 0 Å². The van der Waals surface area contributed by atoms with Gasteiger partial charge in [0, 0.05) is 29.9 Å². The van der Waals surface area contributed by atoms with Gasteiger partial charge in [0.1, 0.15) is 0 Å². The summed E-state index contributed by atoms with van der Waals surface area (Å²) in [5.41, 5.74) is 5.24. The molecule has 0 amide bonds. The maximum Gasteiger partial charge on any atom is 0.0410 e. The normalized spacial score (nSPS) is 15.0. The van der Waals surface area contributed by atoms with Gasteiger partial charge >= 0.3 is 0 Å². The Morgan fingerprint density at radius 3 is 2.69 bits per heavy atom. The zero-order chi connectivity index (χ0) is 17.6. The monoisotopic (exact) mass is 360 g/mol. The minimum Gasteiger partial charge on any atom is -0.299 e. The summed E-state index contributed by atoms with van der Waals surface area (Å²) in [5, 5.41) is 2.17. The molecule has 0 spiro atoms. The molecule has 0 unspecified atom stereocenters. The lowest BCUT2D eigenvalue weighted by molar-refractivity contribution is 0.298. The molecule has 0 atom stereocenters. The Morgan fingerprint density at radius 2 is 1.92 bits per heavy atom. The summed E-state index contributed by atoms with van der Waals surface area (Å²) in [4.78, 5) is 8.55. The second-order valence-electron chi connectivity index (χ2n) is 6.76. The van der Waals surface area contributed by atoms with Gasteiger partial charge in [-0.3, -0.25) is 9.88 Å². The summed E-state index contributed by atoms with van der Waals surface area (Å²) in [7, 11) is 0. The first-order valence-electron chi connectivity index (χ1n) is 9.34. The fourth-order valence-corrected chi connectivity index (χ4v) is 4.31. The highest BCUT2D eigenvalue weighted by Gasteiger charge is 2.13. The van der Waals surface area contributed by atoms with E-state index in [2.05, 4.69) is 75.9 Å². The van der Waals surface area contributed by atoms with Gasteiger partial charge in [0.05, 0.1) is 0 Å². The van der Waals surface area contributed by atoms with Crippen LogP contribution in [0.2, 0.25) is 0 Å². The van der Waals surface area contributed by atoms with Crippen molar-refractivity contribution in [1.82, 2.24) is 9.88 Å². The number of nitrogens with zero attached hydrogens (tertiary/aromatic N) is 2. The van der Waals surface area contributed by atoms with Crippen LogP contribution in [0, 0.1) is 0 Å². The highest BCUT2D eigenvalue weighted by Crippen LogP contribution is 2.26. The van der Waals surface area contributed by atoms with E-state index in [9.17, 15) is 0 Å². The molecule has 0 fully saturated rings. The van der Waals surface area contributed by atoms with E-state index in [1.165, 1.54) is 40.2 Å². The lowest BCUT2D eigenvalue weighted by Gasteiger charge is -2.25. The van der Waals surface area contributed by atoms with Gasteiger partial charge < -0.3 is 0 Å². The van der Waals surface area contributed by atoms with Crippen LogP contribution in [0.25, 0.3) is 16.7 Å². The van der Waals surface area contributed by atoms with E-state index in [1.807, 2.05) is 17.5 Å². The average molecular weight is 361 g/mol. The quantitative estimate of drug-likeness (QED) is 0.574. The van der Waals surface area contributed by atoms with Crippen LogP contribution in [-0.4, -0.2) is 29.5 Å². The van der Waals surface area contributed by atoms with Crippen molar-refractivity contribution in [3.8, 4) is 11.1 Å². The van der Waals surface area contributed by atoms with Crippen molar-refractivity contribution in [2.45, 2.75) is 19.3 Å². The van der Waals surface area contributed by atoms with Gasteiger partial charge in [0.25, 0.3) is 0 Å². The van der Waals surface area contributed by atoms with Crippen molar-refractivity contribution >= 4 is 16.9 Å². The van der Waals surface area contributed by atoms with Gasteiger partial charge in [-0.15, -0.1) is 11.3 Å². The lowest BCUT2D eigenvalue weighted by Crippen LogP contribution is -2.29.